The Morgan fingerprint density at radius 1 is 1.56 bits per heavy atom. The fourth-order valence-corrected chi connectivity index (χ4v) is 3.23. The van der Waals surface area contributed by atoms with Crippen molar-refractivity contribution in [3.05, 3.63) is 21.9 Å². The van der Waals surface area contributed by atoms with Gasteiger partial charge in [0.15, 0.2) is 5.78 Å². The van der Waals surface area contributed by atoms with Gasteiger partial charge < -0.3 is 10.2 Å². The predicted molar refractivity (Wildman–Crippen MR) is 72.3 cm³/mol. The zero-order valence-electron chi connectivity index (χ0n) is 10.7. The van der Waals surface area contributed by atoms with Gasteiger partial charge in [-0.1, -0.05) is 0 Å². The van der Waals surface area contributed by atoms with E-state index in [9.17, 15) is 9.59 Å². The summed E-state index contributed by atoms with van der Waals surface area (Å²) in [5.74, 6) is 0.0729. The summed E-state index contributed by atoms with van der Waals surface area (Å²) < 4.78 is 0. The van der Waals surface area contributed by atoms with Crippen molar-refractivity contribution in [2.24, 2.45) is 0 Å². The van der Waals surface area contributed by atoms with E-state index in [2.05, 4.69) is 5.32 Å². The van der Waals surface area contributed by atoms with Crippen molar-refractivity contribution in [2.45, 2.75) is 25.8 Å². The molecular formula is C13H18N2O2S. The first-order valence-electron chi connectivity index (χ1n) is 6.18. The van der Waals surface area contributed by atoms with E-state index >= 15 is 0 Å². The van der Waals surface area contributed by atoms with Gasteiger partial charge in [0, 0.05) is 30.1 Å². The highest BCUT2D eigenvalue weighted by atomic mass is 32.1. The van der Waals surface area contributed by atoms with Crippen molar-refractivity contribution in [2.75, 3.05) is 20.1 Å². The van der Waals surface area contributed by atoms with Gasteiger partial charge in [-0.15, -0.1) is 11.3 Å². The van der Waals surface area contributed by atoms with Crippen LogP contribution in [-0.4, -0.2) is 42.8 Å². The van der Waals surface area contributed by atoms with E-state index in [-0.39, 0.29) is 17.7 Å². The summed E-state index contributed by atoms with van der Waals surface area (Å²) in [5.41, 5.74) is 0.632. The number of carbonyl (C=O) groups excluding carboxylic acids is 2. The molecule has 5 heteroatoms. The van der Waals surface area contributed by atoms with Gasteiger partial charge in [-0.2, -0.15) is 0 Å². The van der Waals surface area contributed by atoms with Crippen molar-refractivity contribution < 1.29 is 9.59 Å². The lowest BCUT2D eigenvalue weighted by Crippen LogP contribution is -2.40. The molecule has 0 saturated carbocycles. The Morgan fingerprint density at radius 3 is 2.94 bits per heavy atom. The van der Waals surface area contributed by atoms with Crippen LogP contribution in [0.3, 0.4) is 0 Å². The molecule has 0 aromatic carbocycles. The molecule has 1 N–H and O–H groups in total. The number of rotatable bonds is 4. The lowest BCUT2D eigenvalue weighted by Gasteiger charge is -2.23. The molecule has 0 aliphatic carbocycles. The van der Waals surface area contributed by atoms with Gasteiger partial charge in [0.05, 0.1) is 4.88 Å². The number of amides is 1. The van der Waals surface area contributed by atoms with Crippen LogP contribution in [0.5, 0.6) is 0 Å². The van der Waals surface area contributed by atoms with Gasteiger partial charge in [0.1, 0.15) is 0 Å². The summed E-state index contributed by atoms with van der Waals surface area (Å²) >= 11 is 1.36. The van der Waals surface area contributed by atoms with Crippen LogP contribution in [0.2, 0.25) is 0 Å². The zero-order chi connectivity index (χ0) is 13.1. The maximum Gasteiger partial charge on any atom is 0.264 e. The van der Waals surface area contributed by atoms with Crippen molar-refractivity contribution in [1.29, 1.82) is 0 Å². The smallest absolute Gasteiger partial charge is 0.264 e. The van der Waals surface area contributed by atoms with Gasteiger partial charge in [-0.3, -0.25) is 9.59 Å². The van der Waals surface area contributed by atoms with E-state index < -0.39 is 0 Å². The number of nitrogens with one attached hydrogen (secondary N) is 1. The Kier molecular flexibility index (Phi) is 4.14. The van der Waals surface area contributed by atoms with Crippen LogP contribution in [0, 0.1) is 0 Å². The summed E-state index contributed by atoms with van der Waals surface area (Å²) in [6.07, 6.45) is 2.11. The van der Waals surface area contributed by atoms with E-state index in [0.717, 1.165) is 25.9 Å². The third-order valence-corrected chi connectivity index (χ3v) is 4.21. The molecule has 2 heterocycles. The van der Waals surface area contributed by atoms with E-state index in [4.69, 9.17) is 0 Å². The summed E-state index contributed by atoms with van der Waals surface area (Å²) in [6, 6.07) is 2.00. The first-order chi connectivity index (χ1) is 8.63. The lowest BCUT2D eigenvalue weighted by molar-refractivity contribution is 0.0742. The molecule has 98 valence electrons. The second-order valence-corrected chi connectivity index (χ2v) is 5.52. The average Bonchev–Trinajstić information content (AvgIpc) is 2.97. The Bertz CT molecular complexity index is 456. The standard InChI is InChI=1S/C13H18N2O2S/c1-9(16)10-6-12(18-8-10)13(17)15-5-3-4-11(15)7-14-2/h6,8,11,14H,3-5,7H2,1-2H3. The number of hydrogen-bond acceptors (Lipinski definition) is 4. The number of carbonyl (C=O) groups is 2. The number of thiophene rings is 1. The summed E-state index contributed by atoms with van der Waals surface area (Å²) in [7, 11) is 1.90. The van der Waals surface area contributed by atoms with Gasteiger partial charge in [0.2, 0.25) is 0 Å². The molecule has 1 aromatic rings. The summed E-state index contributed by atoms with van der Waals surface area (Å²) in [5, 5.41) is 4.89. The molecule has 0 spiro atoms. The van der Waals surface area contributed by atoms with Crippen LogP contribution in [0.15, 0.2) is 11.4 Å². The number of nitrogens with zero attached hydrogens (tertiary/aromatic N) is 1. The first-order valence-corrected chi connectivity index (χ1v) is 7.06. The van der Waals surface area contributed by atoms with Crippen LogP contribution in [0.1, 0.15) is 39.8 Å². The Labute approximate surface area is 111 Å². The summed E-state index contributed by atoms with van der Waals surface area (Å²) in [4.78, 5) is 26.2. The fraction of sp³-hybridized carbons (Fsp3) is 0.538. The maximum atomic E-state index is 12.4. The normalized spacial score (nSPS) is 19.2. The van der Waals surface area contributed by atoms with E-state index in [1.807, 2.05) is 11.9 Å². The number of likely N-dealkylation sites (tertiary alicyclic amines) is 1. The van der Waals surface area contributed by atoms with Crippen molar-refractivity contribution in [1.82, 2.24) is 10.2 Å². The molecule has 4 nitrogen and oxygen atoms in total. The molecule has 1 unspecified atom stereocenters. The molecule has 1 atom stereocenters. The second-order valence-electron chi connectivity index (χ2n) is 4.61. The molecule has 1 saturated heterocycles. The quantitative estimate of drug-likeness (QED) is 0.845. The van der Waals surface area contributed by atoms with Gasteiger partial charge in [-0.05, 0) is 32.9 Å². The fourth-order valence-electron chi connectivity index (χ4n) is 2.33. The topological polar surface area (TPSA) is 49.4 Å². The second kappa shape index (κ2) is 5.63. The van der Waals surface area contributed by atoms with E-state index in [1.54, 1.807) is 11.4 Å². The van der Waals surface area contributed by atoms with Crippen LogP contribution < -0.4 is 5.32 Å². The molecule has 1 fully saturated rings. The highest BCUT2D eigenvalue weighted by Gasteiger charge is 2.29. The minimum absolute atomic E-state index is 0.0125. The highest BCUT2D eigenvalue weighted by molar-refractivity contribution is 7.12. The molecule has 1 aromatic heterocycles. The molecule has 1 amide bonds. The monoisotopic (exact) mass is 266 g/mol. The molecule has 1 aliphatic rings. The molecular weight excluding hydrogens is 248 g/mol. The minimum Gasteiger partial charge on any atom is -0.334 e. The van der Waals surface area contributed by atoms with E-state index in [0.29, 0.717) is 10.4 Å². The molecule has 2 rings (SSSR count). The Hall–Kier alpha value is -1.20. The molecule has 0 radical (unpaired) electrons. The Balaban J connectivity index is 2.12. The number of likely N-dealkylation sites (N-methyl/N-ethyl adjacent to an activating group) is 1. The largest absolute Gasteiger partial charge is 0.334 e. The van der Waals surface area contributed by atoms with Crippen LogP contribution in [0.25, 0.3) is 0 Å². The SMILES string of the molecule is CNCC1CCCN1C(=O)c1cc(C(C)=O)cs1. The highest BCUT2D eigenvalue weighted by Crippen LogP contribution is 2.23. The lowest BCUT2D eigenvalue weighted by atomic mass is 10.2. The maximum absolute atomic E-state index is 12.4. The molecule has 1 aliphatic heterocycles. The third-order valence-electron chi connectivity index (χ3n) is 3.29. The van der Waals surface area contributed by atoms with Crippen LogP contribution in [0.4, 0.5) is 0 Å². The summed E-state index contributed by atoms with van der Waals surface area (Å²) in [6.45, 7) is 3.17. The predicted octanol–water partition coefficient (Wildman–Crippen LogP) is 1.77. The molecule has 0 bridgehead atoms. The van der Waals surface area contributed by atoms with Gasteiger partial charge in [-0.25, -0.2) is 0 Å². The minimum atomic E-state index is 0.0125. The number of Topliss-reactive ketones (excluding diaryl/α,β-unsaturated/α-hetero) is 1. The molecule has 18 heavy (non-hydrogen) atoms. The van der Waals surface area contributed by atoms with Crippen LogP contribution >= 0.6 is 11.3 Å². The van der Waals surface area contributed by atoms with Crippen molar-refractivity contribution in [3.8, 4) is 0 Å². The van der Waals surface area contributed by atoms with Crippen molar-refractivity contribution >= 4 is 23.0 Å². The zero-order valence-corrected chi connectivity index (χ0v) is 11.5. The van der Waals surface area contributed by atoms with Crippen LogP contribution in [-0.2, 0) is 0 Å². The number of hydrogen-bond donors (Lipinski definition) is 1. The first kappa shape index (κ1) is 13.2. The average molecular weight is 266 g/mol. The van der Waals surface area contributed by atoms with Crippen molar-refractivity contribution in [3.63, 3.8) is 0 Å². The van der Waals surface area contributed by atoms with Gasteiger partial charge in [0.25, 0.3) is 5.91 Å². The Morgan fingerprint density at radius 2 is 2.33 bits per heavy atom. The van der Waals surface area contributed by atoms with E-state index in [1.165, 1.54) is 18.3 Å². The van der Waals surface area contributed by atoms with Gasteiger partial charge >= 0.3 is 0 Å². The third kappa shape index (κ3) is 2.62. The number of ketones is 1.